The molecule has 17 heavy (non-hydrogen) atoms. The first-order chi connectivity index (χ1) is 7.86. The van der Waals surface area contributed by atoms with E-state index in [1.54, 1.807) is 6.07 Å². The van der Waals surface area contributed by atoms with Crippen LogP contribution in [0.4, 0.5) is 13.2 Å². The Kier molecular flexibility index (Phi) is 2.73. The highest BCUT2D eigenvalue weighted by Gasteiger charge is 2.35. The van der Waals surface area contributed by atoms with Crippen molar-refractivity contribution in [3.05, 3.63) is 28.9 Å². The van der Waals surface area contributed by atoms with Gasteiger partial charge in [0.2, 0.25) is 0 Å². The topological polar surface area (TPSA) is 14.2 Å². The number of aryl methyl sites for hydroxylation is 1. The summed E-state index contributed by atoms with van der Waals surface area (Å²) >= 11 is 5.89. The molecule has 6 heteroatoms. The first kappa shape index (κ1) is 12.1. The van der Waals surface area contributed by atoms with Gasteiger partial charge < -0.3 is 9.30 Å². The summed E-state index contributed by atoms with van der Waals surface area (Å²) < 4.78 is 44.3. The second-order valence-electron chi connectivity index (χ2n) is 3.60. The Morgan fingerprint density at radius 2 is 1.94 bits per heavy atom. The number of benzene rings is 1. The van der Waals surface area contributed by atoms with Crippen LogP contribution in [0.5, 0.6) is 5.75 Å². The van der Waals surface area contributed by atoms with Crippen molar-refractivity contribution in [1.82, 2.24) is 4.57 Å². The van der Waals surface area contributed by atoms with Crippen molar-refractivity contribution < 1.29 is 17.9 Å². The second kappa shape index (κ2) is 3.84. The molecule has 0 saturated carbocycles. The molecule has 0 aliphatic carbocycles. The third-order valence-corrected chi connectivity index (χ3v) is 2.94. The van der Waals surface area contributed by atoms with Crippen molar-refractivity contribution >= 4 is 22.5 Å². The molecule has 1 aromatic heterocycles. The lowest BCUT2D eigenvalue weighted by Gasteiger charge is -2.09. The summed E-state index contributed by atoms with van der Waals surface area (Å²) in [7, 11) is 2.74. The number of rotatable bonds is 1. The molecule has 0 unspecified atom stereocenters. The van der Waals surface area contributed by atoms with E-state index in [-0.39, 0.29) is 5.02 Å². The molecule has 0 atom stereocenters. The number of fused-ring (bicyclic) bond motifs is 1. The van der Waals surface area contributed by atoms with E-state index >= 15 is 0 Å². The predicted molar refractivity (Wildman–Crippen MR) is 59.5 cm³/mol. The molecule has 0 radical (unpaired) electrons. The lowest BCUT2D eigenvalue weighted by atomic mass is 10.2. The first-order valence-corrected chi connectivity index (χ1v) is 5.13. The molecule has 2 nitrogen and oxygen atoms in total. The van der Waals surface area contributed by atoms with E-state index in [0.717, 1.165) is 10.6 Å². The van der Waals surface area contributed by atoms with Gasteiger partial charge in [-0.25, -0.2) is 0 Å². The molecule has 2 aromatic rings. The van der Waals surface area contributed by atoms with Gasteiger partial charge >= 0.3 is 6.18 Å². The molecule has 0 saturated heterocycles. The Balaban J connectivity index is 2.86. The van der Waals surface area contributed by atoms with Crippen LogP contribution in [-0.2, 0) is 13.2 Å². The van der Waals surface area contributed by atoms with Crippen LogP contribution in [0.1, 0.15) is 5.69 Å². The zero-order valence-electron chi connectivity index (χ0n) is 9.10. The molecule has 92 valence electrons. The summed E-state index contributed by atoms with van der Waals surface area (Å²) in [6.07, 6.45) is -4.41. The van der Waals surface area contributed by atoms with Gasteiger partial charge in [-0.1, -0.05) is 11.6 Å². The third-order valence-electron chi connectivity index (χ3n) is 2.62. The minimum atomic E-state index is -4.41. The van der Waals surface area contributed by atoms with Gasteiger partial charge in [0.15, 0.2) is 0 Å². The van der Waals surface area contributed by atoms with Crippen molar-refractivity contribution in [2.45, 2.75) is 6.18 Å². The molecule has 0 bridgehead atoms. The van der Waals surface area contributed by atoms with Gasteiger partial charge in [0.25, 0.3) is 0 Å². The predicted octanol–water partition coefficient (Wildman–Crippen LogP) is 3.86. The average molecular weight is 264 g/mol. The smallest absolute Gasteiger partial charge is 0.431 e. The standard InChI is InChI=1S/C11H9ClF3NO/c1-16-9(11(13,14)15)5-6-7(12)3-4-8(17-2)10(6)16/h3-5H,1-2H3. The van der Waals surface area contributed by atoms with Gasteiger partial charge in [-0.05, 0) is 18.2 Å². The zero-order valence-corrected chi connectivity index (χ0v) is 9.86. The van der Waals surface area contributed by atoms with Gasteiger partial charge in [0.1, 0.15) is 11.4 Å². The number of alkyl halides is 3. The average Bonchev–Trinajstić information content (AvgIpc) is 2.58. The number of halogens is 4. The van der Waals surface area contributed by atoms with E-state index in [4.69, 9.17) is 16.3 Å². The molecule has 1 heterocycles. The van der Waals surface area contributed by atoms with E-state index in [1.807, 2.05) is 0 Å². The maximum absolute atomic E-state index is 12.7. The molecule has 0 fully saturated rings. The zero-order chi connectivity index (χ0) is 12.8. The van der Waals surface area contributed by atoms with Crippen LogP contribution in [-0.4, -0.2) is 11.7 Å². The summed E-state index contributed by atoms with van der Waals surface area (Å²) in [4.78, 5) is 0. The normalized spacial score (nSPS) is 12.1. The van der Waals surface area contributed by atoms with E-state index in [0.29, 0.717) is 16.7 Å². The van der Waals surface area contributed by atoms with Crippen LogP contribution in [0.15, 0.2) is 18.2 Å². The minimum absolute atomic E-state index is 0.270. The van der Waals surface area contributed by atoms with Crippen molar-refractivity contribution in [1.29, 1.82) is 0 Å². The van der Waals surface area contributed by atoms with Gasteiger partial charge in [-0.2, -0.15) is 13.2 Å². The van der Waals surface area contributed by atoms with Gasteiger partial charge in [-0.15, -0.1) is 0 Å². The summed E-state index contributed by atoms with van der Waals surface area (Å²) in [5.41, 5.74) is -0.411. The molecule has 1 aromatic carbocycles. The fourth-order valence-corrected chi connectivity index (χ4v) is 2.04. The molecule has 0 spiro atoms. The van der Waals surface area contributed by atoms with Crippen LogP contribution in [0, 0.1) is 0 Å². The molecule has 0 aliphatic rings. The summed E-state index contributed by atoms with van der Waals surface area (Å²) in [5.74, 6) is 0.363. The first-order valence-electron chi connectivity index (χ1n) is 4.75. The number of ether oxygens (including phenoxy) is 1. The second-order valence-corrected chi connectivity index (χ2v) is 4.01. The van der Waals surface area contributed by atoms with E-state index in [9.17, 15) is 13.2 Å². The largest absolute Gasteiger partial charge is 0.495 e. The lowest BCUT2D eigenvalue weighted by molar-refractivity contribution is -0.142. The maximum Gasteiger partial charge on any atom is 0.431 e. The highest BCUT2D eigenvalue weighted by molar-refractivity contribution is 6.35. The molecular formula is C11H9ClF3NO. The molecule has 2 rings (SSSR count). The van der Waals surface area contributed by atoms with Crippen molar-refractivity contribution in [3.8, 4) is 5.75 Å². The number of methoxy groups -OCH3 is 1. The Morgan fingerprint density at radius 3 is 2.47 bits per heavy atom. The van der Waals surface area contributed by atoms with Crippen LogP contribution >= 0.6 is 11.6 Å². The lowest BCUT2D eigenvalue weighted by Crippen LogP contribution is -2.10. The Bertz CT molecular complexity index is 574. The molecular weight excluding hydrogens is 255 g/mol. The monoisotopic (exact) mass is 263 g/mol. The Morgan fingerprint density at radius 1 is 1.29 bits per heavy atom. The van der Waals surface area contributed by atoms with E-state index in [1.165, 1.54) is 20.2 Å². The fourth-order valence-electron chi connectivity index (χ4n) is 1.84. The number of nitrogens with zero attached hydrogens (tertiary/aromatic N) is 1. The van der Waals surface area contributed by atoms with Crippen LogP contribution in [0.25, 0.3) is 10.9 Å². The summed E-state index contributed by atoms with van der Waals surface area (Å²) in [5, 5.41) is 0.604. The number of hydrogen-bond donors (Lipinski definition) is 0. The van der Waals surface area contributed by atoms with Crippen molar-refractivity contribution in [2.24, 2.45) is 7.05 Å². The quantitative estimate of drug-likeness (QED) is 0.762. The fraction of sp³-hybridized carbons (Fsp3) is 0.273. The Labute approximate surface area is 101 Å². The number of aromatic nitrogens is 1. The van der Waals surface area contributed by atoms with Crippen LogP contribution < -0.4 is 4.74 Å². The van der Waals surface area contributed by atoms with E-state index < -0.39 is 11.9 Å². The van der Waals surface area contributed by atoms with Gasteiger partial charge in [-0.3, -0.25) is 0 Å². The van der Waals surface area contributed by atoms with Crippen molar-refractivity contribution in [2.75, 3.05) is 7.11 Å². The highest BCUT2D eigenvalue weighted by Crippen LogP contribution is 2.39. The minimum Gasteiger partial charge on any atom is -0.495 e. The maximum atomic E-state index is 12.7. The molecule has 0 N–H and O–H groups in total. The van der Waals surface area contributed by atoms with Gasteiger partial charge in [0, 0.05) is 12.4 Å². The third kappa shape index (κ3) is 1.84. The van der Waals surface area contributed by atoms with Crippen molar-refractivity contribution in [3.63, 3.8) is 0 Å². The highest BCUT2D eigenvalue weighted by atomic mass is 35.5. The Hall–Kier alpha value is -1.36. The molecule has 0 amide bonds. The SMILES string of the molecule is COc1ccc(Cl)c2cc(C(F)(F)F)n(C)c12. The van der Waals surface area contributed by atoms with Crippen LogP contribution in [0.2, 0.25) is 5.02 Å². The summed E-state index contributed by atoms with van der Waals surface area (Å²) in [6.45, 7) is 0. The molecule has 0 aliphatic heterocycles. The van der Waals surface area contributed by atoms with E-state index in [2.05, 4.69) is 0 Å². The van der Waals surface area contributed by atoms with Crippen LogP contribution in [0.3, 0.4) is 0 Å². The number of hydrogen-bond acceptors (Lipinski definition) is 1. The summed E-state index contributed by atoms with van der Waals surface area (Å²) in [6, 6.07) is 4.09. The van der Waals surface area contributed by atoms with Gasteiger partial charge in [0.05, 0.1) is 17.6 Å².